The third kappa shape index (κ3) is 4.89. The molecule has 1 aliphatic heterocycles. The van der Waals surface area contributed by atoms with E-state index >= 15 is 0 Å². The van der Waals surface area contributed by atoms with Crippen LogP contribution in [0.25, 0.3) is 5.76 Å². The van der Waals surface area contributed by atoms with Gasteiger partial charge in [0.05, 0.1) is 28.3 Å². The second-order valence-corrected chi connectivity index (χ2v) is 8.21. The summed E-state index contributed by atoms with van der Waals surface area (Å²) in [6.07, 6.45) is 2.46. The Morgan fingerprint density at radius 3 is 2.52 bits per heavy atom. The fourth-order valence-electron chi connectivity index (χ4n) is 3.58. The van der Waals surface area contributed by atoms with Crippen LogP contribution in [0.5, 0.6) is 5.75 Å². The molecule has 1 fully saturated rings. The number of aliphatic hydroxyl groups is 1. The fraction of sp³-hybridized carbons (Fsp3) is 0.333. The summed E-state index contributed by atoms with van der Waals surface area (Å²) < 4.78 is 5.74. The third-order valence-electron chi connectivity index (χ3n) is 5.13. The van der Waals surface area contributed by atoms with Gasteiger partial charge in [-0.3, -0.25) is 9.59 Å². The molecule has 0 spiro atoms. The van der Waals surface area contributed by atoms with Gasteiger partial charge in [0.15, 0.2) is 0 Å². The van der Waals surface area contributed by atoms with E-state index in [1.165, 1.54) is 11.0 Å². The number of hydrogen-bond acceptors (Lipinski definition) is 4. The Kier molecular flexibility index (Phi) is 7.63. The van der Waals surface area contributed by atoms with E-state index in [1.807, 2.05) is 38.1 Å². The van der Waals surface area contributed by atoms with Gasteiger partial charge in [-0.2, -0.15) is 0 Å². The lowest BCUT2D eigenvalue weighted by Crippen LogP contribution is -2.30. The van der Waals surface area contributed by atoms with Crippen LogP contribution in [-0.2, 0) is 9.59 Å². The summed E-state index contributed by atoms with van der Waals surface area (Å²) in [6.45, 7) is 4.99. The molecular weight excluding hydrogens is 437 g/mol. The Balaban J connectivity index is 2.14. The van der Waals surface area contributed by atoms with E-state index in [2.05, 4.69) is 0 Å². The number of nitrogens with zero attached hydrogens (tertiary/aromatic N) is 1. The molecule has 7 heteroatoms. The first kappa shape index (κ1) is 23.2. The molecule has 0 aliphatic carbocycles. The predicted molar refractivity (Wildman–Crippen MR) is 123 cm³/mol. The van der Waals surface area contributed by atoms with Crippen LogP contribution in [0.3, 0.4) is 0 Å². The third-order valence-corrected chi connectivity index (χ3v) is 5.87. The SMILES string of the molecule is CCCCN1C(=O)C(=O)/C(=C(\O)c2ccc(Cl)c(Cl)c2)C1c1cccc(OCCC)c1. The number of benzene rings is 2. The summed E-state index contributed by atoms with van der Waals surface area (Å²) in [7, 11) is 0. The molecule has 0 aromatic heterocycles. The quantitative estimate of drug-likeness (QED) is 0.297. The molecule has 5 nitrogen and oxygen atoms in total. The Morgan fingerprint density at radius 2 is 1.84 bits per heavy atom. The Labute approximate surface area is 192 Å². The number of Topliss-reactive ketones (excluding diaryl/α,β-unsaturated/α-hetero) is 1. The first-order valence-corrected chi connectivity index (χ1v) is 11.1. The van der Waals surface area contributed by atoms with Gasteiger partial charge in [0.2, 0.25) is 0 Å². The highest BCUT2D eigenvalue weighted by Crippen LogP contribution is 2.41. The fourth-order valence-corrected chi connectivity index (χ4v) is 3.88. The van der Waals surface area contributed by atoms with Crippen LogP contribution in [0, 0.1) is 0 Å². The molecule has 1 saturated heterocycles. The van der Waals surface area contributed by atoms with Crippen LogP contribution < -0.4 is 4.74 Å². The number of carbonyl (C=O) groups excluding carboxylic acids is 2. The lowest BCUT2D eigenvalue weighted by atomic mass is 9.95. The van der Waals surface area contributed by atoms with Crippen LogP contribution in [0.1, 0.15) is 50.3 Å². The van der Waals surface area contributed by atoms with Gasteiger partial charge >= 0.3 is 0 Å². The summed E-state index contributed by atoms with van der Waals surface area (Å²) in [6, 6.07) is 11.2. The van der Waals surface area contributed by atoms with E-state index in [0.717, 1.165) is 19.3 Å². The number of likely N-dealkylation sites (tertiary alicyclic amines) is 1. The monoisotopic (exact) mass is 461 g/mol. The molecule has 1 amide bonds. The van der Waals surface area contributed by atoms with Crippen molar-refractivity contribution in [2.24, 2.45) is 0 Å². The van der Waals surface area contributed by atoms with Crippen molar-refractivity contribution in [1.82, 2.24) is 4.90 Å². The van der Waals surface area contributed by atoms with E-state index in [9.17, 15) is 14.7 Å². The molecule has 2 aromatic rings. The molecule has 2 aromatic carbocycles. The number of ketones is 1. The number of hydrogen-bond donors (Lipinski definition) is 1. The van der Waals surface area contributed by atoms with E-state index in [0.29, 0.717) is 35.1 Å². The topological polar surface area (TPSA) is 66.8 Å². The molecule has 0 radical (unpaired) electrons. The second-order valence-electron chi connectivity index (χ2n) is 7.40. The Bertz CT molecular complexity index is 1020. The highest BCUT2D eigenvalue weighted by molar-refractivity contribution is 6.46. The predicted octanol–water partition coefficient (Wildman–Crippen LogP) is 6.00. The van der Waals surface area contributed by atoms with Crippen LogP contribution >= 0.6 is 23.2 Å². The maximum absolute atomic E-state index is 13.0. The zero-order valence-electron chi connectivity index (χ0n) is 17.5. The number of unbranched alkanes of at least 4 members (excludes halogenated alkanes) is 1. The van der Waals surface area contributed by atoms with Gasteiger partial charge in [-0.25, -0.2) is 0 Å². The van der Waals surface area contributed by atoms with Crippen molar-refractivity contribution in [2.75, 3.05) is 13.2 Å². The minimum Gasteiger partial charge on any atom is -0.507 e. The molecule has 1 heterocycles. The lowest BCUT2D eigenvalue weighted by Gasteiger charge is -2.25. The molecule has 3 rings (SSSR count). The molecule has 1 aliphatic rings. The van der Waals surface area contributed by atoms with Crippen LogP contribution in [-0.4, -0.2) is 34.8 Å². The Hall–Kier alpha value is -2.50. The van der Waals surface area contributed by atoms with Crippen molar-refractivity contribution >= 4 is 40.7 Å². The number of carbonyl (C=O) groups is 2. The zero-order valence-corrected chi connectivity index (χ0v) is 19.0. The lowest BCUT2D eigenvalue weighted by molar-refractivity contribution is -0.139. The molecule has 0 saturated carbocycles. The molecular formula is C24H25Cl2NO4. The minimum atomic E-state index is -0.718. The van der Waals surface area contributed by atoms with Crippen LogP contribution in [0.2, 0.25) is 10.0 Å². The van der Waals surface area contributed by atoms with Gasteiger partial charge in [0.25, 0.3) is 11.7 Å². The number of halogens is 2. The van der Waals surface area contributed by atoms with E-state index in [-0.39, 0.29) is 16.4 Å². The molecule has 1 unspecified atom stereocenters. The maximum atomic E-state index is 13.0. The summed E-state index contributed by atoms with van der Waals surface area (Å²) in [4.78, 5) is 27.4. The van der Waals surface area contributed by atoms with E-state index in [1.54, 1.807) is 12.1 Å². The van der Waals surface area contributed by atoms with E-state index in [4.69, 9.17) is 27.9 Å². The number of ether oxygens (including phenoxy) is 1. The van der Waals surface area contributed by atoms with Gasteiger partial charge in [-0.05, 0) is 48.7 Å². The van der Waals surface area contributed by atoms with Gasteiger partial charge in [0, 0.05) is 12.1 Å². The summed E-state index contributed by atoms with van der Waals surface area (Å²) in [5, 5.41) is 11.6. The minimum absolute atomic E-state index is 0.0344. The summed E-state index contributed by atoms with van der Waals surface area (Å²) >= 11 is 12.1. The number of rotatable bonds is 8. The Morgan fingerprint density at radius 1 is 1.06 bits per heavy atom. The number of amides is 1. The average molecular weight is 462 g/mol. The summed E-state index contributed by atoms with van der Waals surface area (Å²) in [5.74, 6) is -0.972. The van der Waals surface area contributed by atoms with Crippen molar-refractivity contribution < 1.29 is 19.4 Å². The smallest absolute Gasteiger partial charge is 0.295 e. The van der Waals surface area contributed by atoms with E-state index < -0.39 is 17.7 Å². The molecule has 1 N–H and O–H groups in total. The van der Waals surface area contributed by atoms with Gasteiger partial charge in [-0.15, -0.1) is 0 Å². The van der Waals surface area contributed by atoms with Gasteiger partial charge in [-0.1, -0.05) is 55.6 Å². The van der Waals surface area contributed by atoms with Crippen LogP contribution in [0.4, 0.5) is 0 Å². The largest absolute Gasteiger partial charge is 0.507 e. The van der Waals surface area contributed by atoms with Gasteiger partial charge < -0.3 is 14.7 Å². The highest BCUT2D eigenvalue weighted by Gasteiger charge is 2.45. The van der Waals surface area contributed by atoms with Crippen molar-refractivity contribution in [2.45, 2.75) is 39.2 Å². The van der Waals surface area contributed by atoms with Crippen LogP contribution in [0.15, 0.2) is 48.0 Å². The van der Waals surface area contributed by atoms with Crippen molar-refractivity contribution in [3.05, 3.63) is 69.2 Å². The van der Waals surface area contributed by atoms with Crippen molar-refractivity contribution in [3.63, 3.8) is 0 Å². The normalized spacial score (nSPS) is 17.9. The number of aliphatic hydroxyl groups excluding tert-OH is 1. The molecule has 31 heavy (non-hydrogen) atoms. The van der Waals surface area contributed by atoms with Crippen molar-refractivity contribution in [1.29, 1.82) is 0 Å². The highest BCUT2D eigenvalue weighted by atomic mass is 35.5. The molecule has 164 valence electrons. The van der Waals surface area contributed by atoms with Gasteiger partial charge in [0.1, 0.15) is 11.5 Å². The molecule has 1 atom stereocenters. The standard InChI is InChI=1S/C24H25Cl2NO4/c1-3-5-11-27-21(15-7-6-8-17(13-15)31-12-4-2)20(23(29)24(27)30)22(28)16-9-10-18(25)19(26)14-16/h6-10,13-14,21,28H,3-5,11-12H2,1-2H3/b22-20-. The average Bonchev–Trinajstić information content (AvgIpc) is 3.02. The maximum Gasteiger partial charge on any atom is 0.295 e. The first-order valence-electron chi connectivity index (χ1n) is 10.4. The van der Waals surface area contributed by atoms with Crippen molar-refractivity contribution in [3.8, 4) is 5.75 Å². The molecule has 0 bridgehead atoms. The summed E-state index contributed by atoms with van der Waals surface area (Å²) in [5.41, 5.74) is 1.06. The second kappa shape index (κ2) is 10.2. The first-order chi connectivity index (χ1) is 14.9. The zero-order chi connectivity index (χ0) is 22.5.